The van der Waals surface area contributed by atoms with Gasteiger partial charge in [0.15, 0.2) is 0 Å². The van der Waals surface area contributed by atoms with Crippen LogP contribution in [-0.2, 0) is 13.1 Å². The van der Waals surface area contributed by atoms with E-state index in [-0.39, 0.29) is 6.17 Å². The van der Waals surface area contributed by atoms with Crippen LogP contribution in [0, 0.1) is 13.8 Å². The Morgan fingerprint density at radius 3 is 2.07 bits per heavy atom. The number of aryl methyl sites for hydroxylation is 2. The van der Waals surface area contributed by atoms with Gasteiger partial charge in [0.2, 0.25) is 0 Å². The van der Waals surface area contributed by atoms with Crippen molar-refractivity contribution in [3.8, 4) is 5.75 Å². The summed E-state index contributed by atoms with van der Waals surface area (Å²) in [5.74, 6) is 0.943. The third-order valence-corrected chi connectivity index (χ3v) is 5.83. The molecule has 156 valence electrons. The minimum Gasteiger partial charge on any atom is -0.494 e. The molecule has 3 aromatic carbocycles. The van der Waals surface area contributed by atoms with Crippen molar-refractivity contribution < 1.29 is 4.74 Å². The molecule has 1 fully saturated rings. The highest BCUT2D eigenvalue weighted by Crippen LogP contribution is 2.33. The Bertz CT molecular complexity index is 949. The average molecular weight is 401 g/mol. The van der Waals surface area contributed by atoms with Gasteiger partial charge < -0.3 is 4.74 Å². The fourth-order valence-electron chi connectivity index (χ4n) is 4.36. The van der Waals surface area contributed by atoms with Crippen LogP contribution in [0.1, 0.15) is 40.9 Å². The minimum absolute atomic E-state index is 0.290. The molecule has 0 aliphatic carbocycles. The second-order valence-electron chi connectivity index (χ2n) is 8.29. The van der Waals surface area contributed by atoms with Crippen LogP contribution in [0.3, 0.4) is 0 Å². The van der Waals surface area contributed by atoms with Crippen molar-refractivity contribution in [2.75, 3.05) is 19.7 Å². The number of ether oxygens (including phenoxy) is 1. The molecule has 0 amide bonds. The van der Waals surface area contributed by atoms with Crippen molar-refractivity contribution in [1.82, 2.24) is 9.80 Å². The highest BCUT2D eigenvalue weighted by atomic mass is 16.5. The monoisotopic (exact) mass is 400 g/mol. The van der Waals surface area contributed by atoms with Crippen LogP contribution in [0.2, 0.25) is 0 Å². The molecule has 1 saturated heterocycles. The van der Waals surface area contributed by atoms with E-state index in [0.717, 1.165) is 31.9 Å². The van der Waals surface area contributed by atoms with Gasteiger partial charge in [-0.25, -0.2) is 0 Å². The summed E-state index contributed by atoms with van der Waals surface area (Å²) >= 11 is 0. The largest absolute Gasteiger partial charge is 0.494 e. The van der Waals surface area contributed by atoms with Gasteiger partial charge >= 0.3 is 0 Å². The third-order valence-electron chi connectivity index (χ3n) is 5.83. The van der Waals surface area contributed by atoms with Gasteiger partial charge in [0.1, 0.15) is 5.75 Å². The first-order chi connectivity index (χ1) is 14.6. The first-order valence-corrected chi connectivity index (χ1v) is 10.9. The molecule has 0 bridgehead atoms. The van der Waals surface area contributed by atoms with Crippen LogP contribution in [0.5, 0.6) is 5.75 Å². The van der Waals surface area contributed by atoms with Crippen molar-refractivity contribution in [1.29, 1.82) is 0 Å². The summed E-state index contributed by atoms with van der Waals surface area (Å²) in [6, 6.07) is 26.5. The van der Waals surface area contributed by atoms with Crippen LogP contribution in [0.4, 0.5) is 0 Å². The van der Waals surface area contributed by atoms with Crippen LogP contribution in [0.25, 0.3) is 0 Å². The van der Waals surface area contributed by atoms with Gasteiger partial charge in [-0.1, -0.05) is 71.8 Å². The summed E-state index contributed by atoms with van der Waals surface area (Å²) in [7, 11) is 0. The van der Waals surface area contributed by atoms with E-state index in [4.69, 9.17) is 4.74 Å². The molecule has 0 unspecified atom stereocenters. The zero-order chi connectivity index (χ0) is 20.9. The van der Waals surface area contributed by atoms with Gasteiger partial charge in [-0.2, -0.15) is 0 Å². The van der Waals surface area contributed by atoms with E-state index < -0.39 is 0 Å². The Kier molecular flexibility index (Phi) is 6.51. The van der Waals surface area contributed by atoms with E-state index >= 15 is 0 Å². The number of hydrogen-bond acceptors (Lipinski definition) is 3. The van der Waals surface area contributed by atoms with Crippen molar-refractivity contribution >= 4 is 0 Å². The van der Waals surface area contributed by atoms with Crippen molar-refractivity contribution in [3.05, 3.63) is 101 Å². The molecule has 0 spiro atoms. The summed E-state index contributed by atoms with van der Waals surface area (Å²) < 4.78 is 5.60. The highest BCUT2D eigenvalue weighted by molar-refractivity contribution is 5.29. The minimum atomic E-state index is 0.290. The lowest BCUT2D eigenvalue weighted by Gasteiger charge is -2.31. The molecule has 3 heteroatoms. The molecule has 3 nitrogen and oxygen atoms in total. The highest BCUT2D eigenvalue weighted by Gasteiger charge is 2.33. The van der Waals surface area contributed by atoms with Crippen molar-refractivity contribution in [2.24, 2.45) is 0 Å². The SMILES string of the molecule is CCOc1ccc(CN2CCN(Cc3cccc(C)c3)[C@@H]2c2ccc(C)cc2)cc1. The predicted octanol–water partition coefficient (Wildman–Crippen LogP) is 5.72. The Morgan fingerprint density at radius 1 is 0.767 bits per heavy atom. The molecule has 0 N–H and O–H groups in total. The zero-order valence-corrected chi connectivity index (χ0v) is 18.3. The lowest BCUT2D eigenvalue weighted by Crippen LogP contribution is -2.30. The van der Waals surface area contributed by atoms with Crippen LogP contribution < -0.4 is 4.74 Å². The zero-order valence-electron chi connectivity index (χ0n) is 18.3. The van der Waals surface area contributed by atoms with E-state index in [1.165, 1.54) is 27.8 Å². The molecule has 4 rings (SSSR count). The summed E-state index contributed by atoms with van der Waals surface area (Å²) in [6.45, 7) is 11.1. The molecule has 3 aromatic rings. The fourth-order valence-corrected chi connectivity index (χ4v) is 4.36. The van der Waals surface area contributed by atoms with Crippen molar-refractivity contribution in [3.63, 3.8) is 0 Å². The predicted molar refractivity (Wildman–Crippen MR) is 124 cm³/mol. The van der Waals surface area contributed by atoms with E-state index in [9.17, 15) is 0 Å². The molecule has 0 aromatic heterocycles. The topological polar surface area (TPSA) is 15.7 Å². The van der Waals surface area contributed by atoms with Gasteiger partial charge in [-0.3, -0.25) is 9.80 Å². The molecular weight excluding hydrogens is 368 g/mol. The van der Waals surface area contributed by atoms with Crippen molar-refractivity contribution in [2.45, 2.75) is 40.0 Å². The standard InChI is InChI=1S/C27H32N2O/c1-4-30-26-14-10-23(11-15-26)19-28-16-17-29(20-24-7-5-6-22(3)18-24)27(28)25-12-8-21(2)9-13-25/h5-15,18,27H,4,16-17,19-20H2,1-3H3/t27-/m1/s1. The number of nitrogens with zero attached hydrogens (tertiary/aromatic N) is 2. The molecule has 30 heavy (non-hydrogen) atoms. The Morgan fingerprint density at radius 2 is 1.43 bits per heavy atom. The van der Waals surface area contributed by atoms with Crippen LogP contribution in [-0.4, -0.2) is 29.5 Å². The maximum Gasteiger partial charge on any atom is 0.119 e. The van der Waals surface area contributed by atoms with Gasteiger partial charge in [-0.15, -0.1) is 0 Å². The first kappa shape index (κ1) is 20.6. The van der Waals surface area contributed by atoms with Crippen LogP contribution >= 0.6 is 0 Å². The summed E-state index contributed by atoms with van der Waals surface area (Å²) in [6.07, 6.45) is 0.290. The molecule has 1 aliphatic rings. The summed E-state index contributed by atoms with van der Waals surface area (Å²) in [4.78, 5) is 5.20. The van der Waals surface area contributed by atoms with E-state index in [1.807, 2.05) is 6.92 Å². The van der Waals surface area contributed by atoms with Gasteiger partial charge in [0.05, 0.1) is 12.8 Å². The van der Waals surface area contributed by atoms with Gasteiger partial charge in [0.25, 0.3) is 0 Å². The Labute approximate surface area is 180 Å². The second kappa shape index (κ2) is 9.46. The lowest BCUT2D eigenvalue weighted by atomic mass is 10.1. The smallest absolute Gasteiger partial charge is 0.119 e. The fraction of sp³-hybridized carbons (Fsp3) is 0.333. The van der Waals surface area contributed by atoms with E-state index in [0.29, 0.717) is 6.61 Å². The number of rotatable bonds is 7. The molecule has 1 heterocycles. The molecule has 0 saturated carbocycles. The number of hydrogen-bond donors (Lipinski definition) is 0. The quantitative estimate of drug-likeness (QED) is 0.504. The normalized spacial score (nSPS) is 17.4. The summed E-state index contributed by atoms with van der Waals surface area (Å²) in [5, 5.41) is 0. The van der Waals surface area contributed by atoms with Gasteiger partial charge in [0, 0.05) is 26.2 Å². The maximum absolute atomic E-state index is 5.60. The lowest BCUT2D eigenvalue weighted by molar-refractivity contribution is 0.126. The van der Waals surface area contributed by atoms with Gasteiger partial charge in [-0.05, 0) is 49.6 Å². The average Bonchev–Trinajstić information content (AvgIpc) is 3.12. The van der Waals surface area contributed by atoms with E-state index in [2.05, 4.69) is 96.4 Å². The summed E-state index contributed by atoms with van der Waals surface area (Å²) in [5.41, 5.74) is 6.71. The Balaban J connectivity index is 1.56. The Hall–Kier alpha value is -2.62. The molecule has 0 radical (unpaired) electrons. The second-order valence-corrected chi connectivity index (χ2v) is 8.29. The first-order valence-electron chi connectivity index (χ1n) is 10.9. The molecule has 1 aliphatic heterocycles. The molecule has 1 atom stereocenters. The van der Waals surface area contributed by atoms with E-state index in [1.54, 1.807) is 0 Å². The maximum atomic E-state index is 5.60. The number of benzene rings is 3. The molecular formula is C27H32N2O. The van der Waals surface area contributed by atoms with Crippen LogP contribution in [0.15, 0.2) is 72.8 Å². The third kappa shape index (κ3) is 4.92.